The van der Waals surface area contributed by atoms with Crippen LogP contribution < -0.4 is 0 Å². The van der Waals surface area contributed by atoms with Crippen molar-refractivity contribution in [2.24, 2.45) is 13.0 Å². The molecule has 2 heterocycles. The van der Waals surface area contributed by atoms with Gasteiger partial charge in [0.15, 0.2) is 9.84 Å². The zero-order chi connectivity index (χ0) is 18.2. The minimum Gasteiger partial charge on any atom is -0.335 e. The van der Waals surface area contributed by atoms with Crippen LogP contribution in [0.1, 0.15) is 24.3 Å². The minimum atomic E-state index is -3.14. The van der Waals surface area contributed by atoms with Crippen LogP contribution in [0.5, 0.6) is 0 Å². The second-order valence-electron chi connectivity index (χ2n) is 6.96. The first-order valence-corrected chi connectivity index (χ1v) is 10.1. The van der Waals surface area contributed by atoms with Crippen LogP contribution in [0.15, 0.2) is 36.4 Å². The Bertz CT molecular complexity index is 866. The molecule has 25 heavy (non-hydrogen) atoms. The summed E-state index contributed by atoms with van der Waals surface area (Å²) in [7, 11) is -1.41. The molecule has 0 N–H and O–H groups in total. The molecule has 0 atom stereocenters. The number of rotatable bonds is 5. The van der Waals surface area contributed by atoms with Gasteiger partial charge in [-0.2, -0.15) is 5.10 Å². The van der Waals surface area contributed by atoms with E-state index in [1.807, 2.05) is 44.2 Å². The molecule has 134 valence electrons. The van der Waals surface area contributed by atoms with Crippen LogP contribution in [0.4, 0.5) is 0 Å². The molecule has 0 radical (unpaired) electrons. The number of sulfone groups is 1. The third-order valence-corrected chi connectivity index (χ3v) is 6.82. The van der Waals surface area contributed by atoms with E-state index >= 15 is 0 Å². The molecule has 1 aromatic carbocycles. The lowest BCUT2D eigenvalue weighted by molar-refractivity contribution is 0.0647. The van der Waals surface area contributed by atoms with E-state index in [0.29, 0.717) is 5.69 Å². The van der Waals surface area contributed by atoms with Gasteiger partial charge in [-0.05, 0) is 12.0 Å². The number of amides is 1. The zero-order valence-electron chi connectivity index (χ0n) is 14.7. The first kappa shape index (κ1) is 17.7. The van der Waals surface area contributed by atoms with E-state index < -0.39 is 15.1 Å². The first-order valence-electron chi connectivity index (χ1n) is 8.38. The first-order chi connectivity index (χ1) is 11.8. The predicted molar refractivity (Wildman–Crippen MR) is 97.0 cm³/mol. The summed E-state index contributed by atoms with van der Waals surface area (Å²) in [5, 5.41) is 3.96. The van der Waals surface area contributed by atoms with Crippen LogP contribution in [0.25, 0.3) is 11.3 Å². The van der Waals surface area contributed by atoms with E-state index in [4.69, 9.17) is 0 Å². The fourth-order valence-corrected chi connectivity index (χ4v) is 5.03. The Morgan fingerprint density at radius 3 is 2.48 bits per heavy atom. The van der Waals surface area contributed by atoms with Crippen LogP contribution in [-0.2, 0) is 16.9 Å². The molecule has 1 aromatic heterocycles. The highest BCUT2D eigenvalue weighted by Crippen LogP contribution is 2.23. The normalized spacial score (nSPS) is 15.4. The highest BCUT2D eigenvalue weighted by atomic mass is 32.2. The van der Waals surface area contributed by atoms with Gasteiger partial charge in [-0.1, -0.05) is 44.2 Å². The van der Waals surface area contributed by atoms with Gasteiger partial charge in [0, 0.05) is 25.7 Å². The minimum absolute atomic E-state index is 0.0975. The number of likely N-dealkylation sites (tertiary alicyclic amines) is 1. The molecule has 7 heteroatoms. The van der Waals surface area contributed by atoms with E-state index in [-0.39, 0.29) is 30.7 Å². The fraction of sp³-hybridized carbons (Fsp3) is 0.444. The molecular formula is C18H23N3O3S. The number of carbonyl (C=O) groups is 1. The van der Waals surface area contributed by atoms with E-state index in [2.05, 4.69) is 5.10 Å². The lowest BCUT2D eigenvalue weighted by atomic mass is 10.1. The van der Waals surface area contributed by atoms with Gasteiger partial charge in [-0.15, -0.1) is 0 Å². The summed E-state index contributed by atoms with van der Waals surface area (Å²) >= 11 is 0. The van der Waals surface area contributed by atoms with Gasteiger partial charge in [0.2, 0.25) is 0 Å². The van der Waals surface area contributed by atoms with E-state index in [1.165, 1.54) is 0 Å². The lowest BCUT2D eigenvalue weighted by Gasteiger charge is -2.38. The fourth-order valence-electron chi connectivity index (χ4n) is 3.01. The van der Waals surface area contributed by atoms with Crippen LogP contribution in [-0.4, -0.2) is 53.1 Å². The third-order valence-electron chi connectivity index (χ3n) is 4.38. The second-order valence-corrected chi connectivity index (χ2v) is 9.29. The lowest BCUT2D eigenvalue weighted by Crippen LogP contribution is -2.57. The van der Waals surface area contributed by atoms with Crippen molar-refractivity contribution in [3.63, 3.8) is 0 Å². The number of hydrogen-bond acceptors (Lipinski definition) is 4. The van der Waals surface area contributed by atoms with Crippen molar-refractivity contribution in [1.82, 2.24) is 14.7 Å². The summed E-state index contributed by atoms with van der Waals surface area (Å²) in [5.74, 6) is 0.0947. The maximum Gasteiger partial charge on any atom is 0.272 e. The summed E-state index contributed by atoms with van der Waals surface area (Å²) in [6, 6.07) is 11.4. The Kier molecular flexibility index (Phi) is 4.69. The molecule has 1 saturated heterocycles. The van der Waals surface area contributed by atoms with Crippen molar-refractivity contribution >= 4 is 15.7 Å². The standard InChI is InChI=1S/C18H23N3O3S/c1-13(2)12-25(23,24)15-10-21(11-15)18(22)17-9-16(19-20(17)3)14-7-5-4-6-8-14/h4-9,13,15H,10-12H2,1-3H3. The molecule has 2 aromatic rings. The SMILES string of the molecule is CC(C)CS(=O)(=O)C1CN(C(=O)c2cc(-c3ccccc3)nn2C)C1. The Balaban J connectivity index is 1.71. The van der Waals surface area contributed by atoms with Crippen molar-refractivity contribution in [2.45, 2.75) is 19.1 Å². The summed E-state index contributed by atoms with van der Waals surface area (Å²) in [6.45, 7) is 4.30. The molecule has 1 aliphatic rings. The summed E-state index contributed by atoms with van der Waals surface area (Å²) in [4.78, 5) is 14.2. The Hall–Kier alpha value is -2.15. The molecule has 0 aliphatic carbocycles. The highest BCUT2D eigenvalue weighted by Gasteiger charge is 2.40. The second kappa shape index (κ2) is 6.63. The predicted octanol–water partition coefficient (Wildman–Crippen LogP) is 1.98. The molecule has 0 saturated carbocycles. The van der Waals surface area contributed by atoms with Gasteiger partial charge in [-0.3, -0.25) is 9.48 Å². The number of benzene rings is 1. The van der Waals surface area contributed by atoms with Crippen LogP contribution in [0, 0.1) is 5.92 Å². The van der Waals surface area contributed by atoms with Gasteiger partial charge >= 0.3 is 0 Å². The number of nitrogens with zero attached hydrogens (tertiary/aromatic N) is 3. The van der Waals surface area contributed by atoms with Crippen molar-refractivity contribution in [3.05, 3.63) is 42.1 Å². The quantitative estimate of drug-likeness (QED) is 0.816. The molecule has 6 nitrogen and oxygen atoms in total. The molecular weight excluding hydrogens is 338 g/mol. The van der Waals surface area contributed by atoms with E-state index in [9.17, 15) is 13.2 Å². The molecule has 1 aliphatic heterocycles. The number of aromatic nitrogens is 2. The van der Waals surface area contributed by atoms with Crippen LogP contribution >= 0.6 is 0 Å². The third kappa shape index (κ3) is 3.61. The van der Waals surface area contributed by atoms with Crippen molar-refractivity contribution in [3.8, 4) is 11.3 Å². The summed E-state index contributed by atoms with van der Waals surface area (Å²) < 4.78 is 26.0. The number of hydrogen-bond donors (Lipinski definition) is 0. The Morgan fingerprint density at radius 1 is 1.24 bits per heavy atom. The topological polar surface area (TPSA) is 72.3 Å². The number of carbonyl (C=O) groups excluding carboxylic acids is 1. The van der Waals surface area contributed by atoms with Crippen molar-refractivity contribution in [2.75, 3.05) is 18.8 Å². The van der Waals surface area contributed by atoms with Gasteiger partial charge < -0.3 is 4.90 Å². The maximum atomic E-state index is 12.7. The molecule has 0 bridgehead atoms. The van der Waals surface area contributed by atoms with E-state index in [1.54, 1.807) is 22.7 Å². The largest absolute Gasteiger partial charge is 0.335 e. The smallest absolute Gasteiger partial charge is 0.272 e. The Labute approximate surface area is 148 Å². The number of aryl methyl sites for hydroxylation is 1. The molecule has 1 fully saturated rings. The monoisotopic (exact) mass is 361 g/mol. The van der Waals surface area contributed by atoms with E-state index in [0.717, 1.165) is 11.3 Å². The average molecular weight is 361 g/mol. The van der Waals surface area contributed by atoms with Gasteiger partial charge in [0.1, 0.15) is 5.69 Å². The van der Waals surface area contributed by atoms with Crippen molar-refractivity contribution in [1.29, 1.82) is 0 Å². The average Bonchev–Trinajstić information content (AvgIpc) is 2.87. The van der Waals surface area contributed by atoms with Crippen LogP contribution in [0.3, 0.4) is 0 Å². The molecule has 3 rings (SSSR count). The zero-order valence-corrected chi connectivity index (χ0v) is 15.5. The summed E-state index contributed by atoms with van der Waals surface area (Å²) in [5.41, 5.74) is 2.15. The molecule has 0 unspecified atom stereocenters. The van der Waals surface area contributed by atoms with Gasteiger partial charge in [0.05, 0.1) is 16.7 Å². The van der Waals surface area contributed by atoms with Crippen molar-refractivity contribution < 1.29 is 13.2 Å². The maximum absolute atomic E-state index is 12.7. The highest BCUT2D eigenvalue weighted by molar-refractivity contribution is 7.92. The Morgan fingerprint density at radius 2 is 1.88 bits per heavy atom. The van der Waals surface area contributed by atoms with Crippen LogP contribution in [0.2, 0.25) is 0 Å². The van der Waals surface area contributed by atoms with Gasteiger partial charge in [-0.25, -0.2) is 8.42 Å². The molecule has 1 amide bonds. The summed E-state index contributed by atoms with van der Waals surface area (Å²) in [6.07, 6.45) is 0. The van der Waals surface area contributed by atoms with Gasteiger partial charge in [0.25, 0.3) is 5.91 Å². The molecule has 0 spiro atoms.